The number of oxazole rings is 2. The number of nitrogens with zero attached hydrogens (tertiary/aromatic N) is 5. The number of aromatic nitrogens is 5. The molecule has 0 aliphatic rings. The van der Waals surface area contributed by atoms with Crippen LogP contribution in [0.5, 0.6) is 0 Å². The van der Waals surface area contributed by atoms with Gasteiger partial charge in [-0.1, -0.05) is 115 Å². The highest BCUT2D eigenvalue weighted by molar-refractivity contribution is 6.09. The van der Waals surface area contributed by atoms with Crippen LogP contribution in [0.25, 0.3) is 112 Å². The van der Waals surface area contributed by atoms with Crippen molar-refractivity contribution in [3.8, 4) is 68.2 Å². The molecule has 8 heteroatoms. The Hall–Kier alpha value is -7.71. The molecule has 0 spiro atoms. The van der Waals surface area contributed by atoms with Crippen LogP contribution in [0, 0.1) is 0 Å². The maximum Gasteiger partial charge on any atom is 0.227 e. The van der Waals surface area contributed by atoms with E-state index in [4.69, 9.17) is 38.2 Å². The van der Waals surface area contributed by atoms with Gasteiger partial charge in [-0.15, -0.1) is 0 Å². The molecule has 11 rings (SSSR count). The summed E-state index contributed by atoms with van der Waals surface area (Å²) in [6.07, 6.45) is 0. The van der Waals surface area contributed by atoms with Crippen LogP contribution in [0.15, 0.2) is 177 Å². The summed E-state index contributed by atoms with van der Waals surface area (Å²) in [7, 11) is 0. The van der Waals surface area contributed by atoms with Gasteiger partial charge in [-0.2, -0.15) is 0 Å². The van der Waals surface area contributed by atoms with Crippen molar-refractivity contribution in [2.75, 3.05) is 0 Å². The average Bonchev–Trinajstić information content (AvgIpc) is 3.99. The second kappa shape index (κ2) is 12.5. The molecule has 0 amide bonds. The van der Waals surface area contributed by atoms with E-state index in [0.717, 1.165) is 71.9 Å². The highest BCUT2D eigenvalue weighted by Gasteiger charge is 2.19. The van der Waals surface area contributed by atoms with Gasteiger partial charge in [-0.05, 0) is 54.1 Å². The topological polar surface area (TPSA) is 104 Å². The van der Waals surface area contributed by atoms with E-state index in [1.165, 1.54) is 0 Å². The van der Waals surface area contributed by atoms with E-state index in [2.05, 4.69) is 36.4 Å². The minimum Gasteiger partial charge on any atom is -0.455 e. The summed E-state index contributed by atoms with van der Waals surface area (Å²) in [5.74, 6) is 2.50. The first-order valence-electron chi connectivity index (χ1n) is 17.9. The highest BCUT2D eigenvalue weighted by Crippen LogP contribution is 2.38. The lowest BCUT2D eigenvalue weighted by atomic mass is 10.0. The number of hydrogen-bond acceptors (Lipinski definition) is 8. The molecule has 0 bridgehead atoms. The van der Waals surface area contributed by atoms with Crippen LogP contribution in [0.4, 0.5) is 0 Å². The summed E-state index contributed by atoms with van der Waals surface area (Å²) in [4.78, 5) is 24.8. The number of furan rings is 1. The van der Waals surface area contributed by atoms with E-state index >= 15 is 0 Å². The minimum absolute atomic E-state index is 0.466. The molecular weight excluding hydrogens is 683 g/mol. The number of para-hydroxylation sites is 6. The van der Waals surface area contributed by atoms with E-state index in [9.17, 15) is 0 Å². The zero-order valence-electron chi connectivity index (χ0n) is 29.0. The first kappa shape index (κ1) is 30.9. The average molecular weight is 710 g/mol. The van der Waals surface area contributed by atoms with Gasteiger partial charge < -0.3 is 13.3 Å². The Morgan fingerprint density at radius 3 is 1.44 bits per heavy atom. The van der Waals surface area contributed by atoms with Gasteiger partial charge in [0.1, 0.15) is 22.2 Å². The Balaban J connectivity index is 1.07. The summed E-state index contributed by atoms with van der Waals surface area (Å²) in [6, 6.07) is 54.0. The molecule has 55 heavy (non-hydrogen) atoms. The van der Waals surface area contributed by atoms with Gasteiger partial charge in [0.15, 0.2) is 28.6 Å². The van der Waals surface area contributed by atoms with E-state index in [1.807, 2.05) is 127 Å². The second-order valence-electron chi connectivity index (χ2n) is 13.3. The SMILES string of the molecule is c1ccc(-c2nc(-c3ccc(-c4cccc5c4oc4ccccc45)cc3)nc(-c3cc(-c4nc5ccccc5o4)cc(-c4nc5ccccc5o4)c3)n2)cc1. The van der Waals surface area contributed by atoms with Gasteiger partial charge in [-0.3, -0.25) is 0 Å². The van der Waals surface area contributed by atoms with E-state index in [1.54, 1.807) is 0 Å². The molecular formula is C47H27N5O3. The predicted molar refractivity (Wildman–Crippen MR) is 215 cm³/mol. The smallest absolute Gasteiger partial charge is 0.227 e. The molecule has 258 valence electrons. The van der Waals surface area contributed by atoms with Crippen LogP contribution < -0.4 is 0 Å². The fourth-order valence-electron chi connectivity index (χ4n) is 7.12. The van der Waals surface area contributed by atoms with Crippen molar-refractivity contribution in [1.82, 2.24) is 24.9 Å². The number of hydrogen-bond donors (Lipinski definition) is 0. The molecule has 0 radical (unpaired) electrons. The molecule has 4 heterocycles. The van der Waals surface area contributed by atoms with Gasteiger partial charge >= 0.3 is 0 Å². The lowest BCUT2D eigenvalue weighted by Crippen LogP contribution is -2.00. The Morgan fingerprint density at radius 1 is 0.309 bits per heavy atom. The van der Waals surface area contributed by atoms with E-state index in [-0.39, 0.29) is 0 Å². The van der Waals surface area contributed by atoms with Crippen molar-refractivity contribution in [1.29, 1.82) is 0 Å². The third kappa shape index (κ3) is 5.43. The third-order valence-corrected chi connectivity index (χ3v) is 9.80. The quantitative estimate of drug-likeness (QED) is 0.168. The van der Waals surface area contributed by atoms with E-state index in [0.29, 0.717) is 40.4 Å². The molecule has 7 aromatic carbocycles. The van der Waals surface area contributed by atoms with Gasteiger partial charge in [-0.25, -0.2) is 24.9 Å². The molecule has 0 saturated carbocycles. The predicted octanol–water partition coefficient (Wildman–Crippen LogP) is 12.1. The van der Waals surface area contributed by atoms with Gasteiger partial charge in [0.25, 0.3) is 0 Å². The van der Waals surface area contributed by atoms with Crippen molar-refractivity contribution in [3.63, 3.8) is 0 Å². The third-order valence-electron chi connectivity index (χ3n) is 9.80. The molecule has 0 unspecified atom stereocenters. The zero-order valence-corrected chi connectivity index (χ0v) is 29.0. The van der Waals surface area contributed by atoms with Crippen molar-refractivity contribution >= 4 is 44.1 Å². The molecule has 0 saturated heterocycles. The fraction of sp³-hybridized carbons (Fsp3) is 0. The number of fused-ring (bicyclic) bond motifs is 5. The summed E-state index contributed by atoms with van der Waals surface area (Å²) in [6.45, 7) is 0. The monoisotopic (exact) mass is 709 g/mol. The summed E-state index contributed by atoms with van der Waals surface area (Å²) in [5.41, 5.74) is 10.6. The molecule has 0 atom stereocenters. The van der Waals surface area contributed by atoms with Crippen LogP contribution in [0.3, 0.4) is 0 Å². The minimum atomic E-state index is 0.466. The highest BCUT2D eigenvalue weighted by atomic mass is 16.4. The van der Waals surface area contributed by atoms with Gasteiger partial charge in [0.05, 0.1) is 0 Å². The maximum absolute atomic E-state index is 6.34. The summed E-state index contributed by atoms with van der Waals surface area (Å²) >= 11 is 0. The normalized spacial score (nSPS) is 11.6. The lowest BCUT2D eigenvalue weighted by molar-refractivity contribution is 0.617. The van der Waals surface area contributed by atoms with Crippen LogP contribution >= 0.6 is 0 Å². The van der Waals surface area contributed by atoms with Crippen molar-refractivity contribution < 1.29 is 13.3 Å². The van der Waals surface area contributed by atoms with Crippen molar-refractivity contribution in [2.45, 2.75) is 0 Å². The summed E-state index contributed by atoms with van der Waals surface area (Å²) in [5, 5.41) is 2.19. The molecule has 0 fully saturated rings. The van der Waals surface area contributed by atoms with Crippen LogP contribution in [-0.2, 0) is 0 Å². The largest absolute Gasteiger partial charge is 0.455 e. The van der Waals surface area contributed by atoms with Crippen LogP contribution in [0.2, 0.25) is 0 Å². The van der Waals surface area contributed by atoms with Gasteiger partial charge in [0.2, 0.25) is 11.8 Å². The zero-order chi connectivity index (χ0) is 36.3. The molecule has 11 aromatic rings. The Bertz CT molecular complexity index is 3060. The first-order valence-corrected chi connectivity index (χ1v) is 17.9. The number of rotatable bonds is 6. The maximum atomic E-state index is 6.34. The molecule has 4 aromatic heterocycles. The fourth-order valence-corrected chi connectivity index (χ4v) is 7.12. The Kier molecular flexibility index (Phi) is 6.99. The Labute approximate surface area is 313 Å². The first-order chi connectivity index (χ1) is 27.2. The van der Waals surface area contributed by atoms with Gasteiger partial charge in [0, 0.05) is 44.2 Å². The Morgan fingerprint density at radius 2 is 0.800 bits per heavy atom. The van der Waals surface area contributed by atoms with Crippen molar-refractivity contribution in [2.24, 2.45) is 0 Å². The molecule has 0 aliphatic carbocycles. The van der Waals surface area contributed by atoms with Crippen LogP contribution in [-0.4, -0.2) is 24.9 Å². The molecule has 0 N–H and O–H groups in total. The molecule has 8 nitrogen and oxygen atoms in total. The number of benzene rings is 7. The lowest BCUT2D eigenvalue weighted by Gasteiger charge is -2.11. The summed E-state index contributed by atoms with van der Waals surface area (Å²) < 4.78 is 18.8. The van der Waals surface area contributed by atoms with Crippen molar-refractivity contribution in [3.05, 3.63) is 164 Å². The standard InChI is InChI=1S/C47H27N5O3/c1-2-11-29(12-3-1)43-50-44(30-23-21-28(22-24-30)34-14-10-15-36-35-13-4-7-18-39(35)53-42(34)36)52-45(51-43)31-25-32(46-48-37-16-5-8-19-40(37)54-46)27-33(26-31)47-49-38-17-6-9-20-41(38)55-47/h1-27H. The van der Waals surface area contributed by atoms with Crippen LogP contribution in [0.1, 0.15) is 0 Å². The molecule has 0 aliphatic heterocycles. The second-order valence-corrected chi connectivity index (χ2v) is 13.3. The van der Waals surface area contributed by atoms with E-state index < -0.39 is 0 Å².